The molecule has 0 saturated carbocycles. The minimum absolute atomic E-state index is 0. The van der Waals surface area contributed by atoms with Crippen molar-refractivity contribution >= 4 is 57.6 Å². The van der Waals surface area contributed by atoms with Crippen molar-refractivity contribution in [2.75, 3.05) is 0 Å². The molecule has 4 heteroatoms. The van der Waals surface area contributed by atoms with Gasteiger partial charge in [0.25, 0.3) is 0 Å². The molecule has 4 aromatic carbocycles. The first-order valence-corrected chi connectivity index (χ1v) is 29.2. The molecule has 0 bridgehead atoms. The van der Waals surface area contributed by atoms with Crippen LogP contribution in [0.5, 0.6) is 0 Å². The molecule has 0 radical (unpaired) electrons. The predicted molar refractivity (Wildman–Crippen MR) is 200 cm³/mol. The Morgan fingerprint density at radius 1 is 0.370 bits per heavy atom. The zero-order valence-corrected chi connectivity index (χ0v) is 35.9. The molecule has 4 atom stereocenters. The molecule has 0 nitrogen and oxygen atoms in total. The summed E-state index contributed by atoms with van der Waals surface area (Å²) in [5, 5.41) is 0. The maximum atomic E-state index is 4.83. The first-order valence-electron chi connectivity index (χ1n) is 15.8. The number of hydrogen-bond donors (Lipinski definition) is 0. The van der Waals surface area contributed by atoms with E-state index in [0.29, 0.717) is 14.7 Å². The van der Waals surface area contributed by atoms with Crippen LogP contribution in [0.3, 0.4) is 0 Å². The Labute approximate surface area is 302 Å². The molecular weight excluding hydrogens is 932 g/mol. The average molecular weight is 975 g/mol. The van der Waals surface area contributed by atoms with Crippen LogP contribution in [0.15, 0.2) is 119 Å². The second-order valence-electron chi connectivity index (χ2n) is 13.0. The Balaban J connectivity index is 0.000000174. The van der Waals surface area contributed by atoms with Gasteiger partial charge in [-0.3, -0.25) is 0 Å². The Morgan fingerprint density at radius 3 is 0.783 bits per heavy atom. The normalized spacial score (nSPS) is 21.0. The monoisotopic (exact) mass is 976 g/mol. The van der Waals surface area contributed by atoms with Gasteiger partial charge in [0.15, 0.2) is 0 Å². The van der Waals surface area contributed by atoms with E-state index >= 15 is 0 Å². The second-order valence-corrected chi connectivity index (χ2v) is 29.5. The summed E-state index contributed by atoms with van der Waals surface area (Å²) in [6.45, 7) is 9.22. The Bertz CT molecular complexity index is 1690. The number of hydrogen-bond acceptors (Lipinski definition) is 0. The molecule has 0 saturated heterocycles. The number of benzene rings is 4. The van der Waals surface area contributed by atoms with E-state index in [0.717, 1.165) is 0 Å². The Morgan fingerprint density at radius 2 is 0.565 bits per heavy atom. The van der Waals surface area contributed by atoms with Crippen molar-refractivity contribution in [2.45, 2.75) is 42.4 Å². The van der Waals surface area contributed by atoms with Gasteiger partial charge < -0.3 is 0 Å². The van der Waals surface area contributed by atoms with E-state index in [-0.39, 0.29) is 24.8 Å². The molecule has 4 aliphatic rings. The SMILES string of the molecule is Cl.Cl.[CH2]=[Hf]([CH]1C(C)=Cc2ccccc21)[CH]1C(C)=Cc2ccccc21.[CH2]=[Hf]([CH]1C(C)=Cc2ccccc21)[CH]1C(C)=Cc2ccccc21. The van der Waals surface area contributed by atoms with Crippen molar-refractivity contribution in [1.29, 1.82) is 0 Å². The molecule has 0 heterocycles. The fourth-order valence-corrected chi connectivity index (χ4v) is 29.7. The van der Waals surface area contributed by atoms with Gasteiger partial charge in [0.1, 0.15) is 0 Å². The van der Waals surface area contributed by atoms with Crippen LogP contribution in [0.1, 0.15) is 86.9 Å². The maximum absolute atomic E-state index is 4.83. The molecule has 46 heavy (non-hydrogen) atoms. The molecular formula is C42H42Cl2Hf2. The van der Waals surface area contributed by atoms with Crippen molar-refractivity contribution in [3.63, 3.8) is 0 Å². The molecule has 0 N–H and O–H groups in total. The molecule has 0 aromatic heterocycles. The van der Waals surface area contributed by atoms with Crippen molar-refractivity contribution in [3.05, 3.63) is 164 Å². The number of fused-ring (bicyclic) bond motifs is 4. The van der Waals surface area contributed by atoms with Crippen molar-refractivity contribution in [2.24, 2.45) is 0 Å². The summed E-state index contributed by atoms with van der Waals surface area (Å²) in [4.78, 5) is 0. The van der Waals surface area contributed by atoms with Crippen LogP contribution in [0.25, 0.3) is 24.3 Å². The molecule has 0 aliphatic heterocycles. The third-order valence-corrected chi connectivity index (χ3v) is 31.7. The number of rotatable bonds is 4. The van der Waals surface area contributed by atoms with Gasteiger partial charge in [-0.2, -0.15) is 0 Å². The van der Waals surface area contributed by atoms with Gasteiger partial charge in [0, 0.05) is 0 Å². The van der Waals surface area contributed by atoms with E-state index in [1.807, 2.05) is 0 Å². The first kappa shape index (κ1) is 35.2. The van der Waals surface area contributed by atoms with Crippen LogP contribution in [-0.2, 0) is 41.9 Å². The van der Waals surface area contributed by atoms with E-state index in [1.165, 1.54) is 66.8 Å². The molecule has 0 amide bonds. The van der Waals surface area contributed by atoms with Gasteiger partial charge in [-0.05, 0) is 0 Å². The van der Waals surface area contributed by atoms with E-state index < -0.39 is 41.9 Å². The molecule has 0 fully saturated rings. The van der Waals surface area contributed by atoms with Crippen LogP contribution in [0.4, 0.5) is 0 Å². The number of allylic oxidation sites excluding steroid dienone is 4. The standard InChI is InChI=1S/4C10H9.2CH2.2ClH.2Hf/c4*1-8-6-9-4-2-3-5-10(9)7-8;;;;;;/h4*2-7H,1H3;2*1H2;2*1H;;. The zero-order valence-electron chi connectivity index (χ0n) is 27.1. The van der Waals surface area contributed by atoms with Crippen LogP contribution in [0.2, 0.25) is 0 Å². The molecule has 4 unspecified atom stereocenters. The van der Waals surface area contributed by atoms with E-state index in [9.17, 15) is 0 Å². The zero-order chi connectivity index (χ0) is 30.5. The Hall–Kier alpha value is -2.10. The molecule has 232 valence electrons. The van der Waals surface area contributed by atoms with Gasteiger partial charge in [-0.15, -0.1) is 24.8 Å². The van der Waals surface area contributed by atoms with Gasteiger partial charge in [0.2, 0.25) is 0 Å². The summed E-state index contributed by atoms with van der Waals surface area (Å²) in [6.07, 6.45) is 9.54. The summed E-state index contributed by atoms with van der Waals surface area (Å²) >= 11 is -4.29. The fraction of sp³-hybridized carbons (Fsp3) is 0.190. The van der Waals surface area contributed by atoms with Gasteiger partial charge >= 0.3 is 281 Å². The summed E-state index contributed by atoms with van der Waals surface area (Å²) in [5.74, 6) is 0. The van der Waals surface area contributed by atoms with Crippen molar-refractivity contribution in [3.8, 4) is 0 Å². The van der Waals surface area contributed by atoms with E-state index in [4.69, 9.17) is 8.52 Å². The average Bonchev–Trinajstić information content (AvgIpc) is 3.74. The van der Waals surface area contributed by atoms with E-state index in [2.05, 4.69) is 149 Å². The summed E-state index contributed by atoms with van der Waals surface area (Å²) in [7, 11) is 0. The van der Waals surface area contributed by atoms with Crippen LogP contribution < -0.4 is 0 Å². The topological polar surface area (TPSA) is 0 Å². The molecule has 0 spiro atoms. The summed E-state index contributed by atoms with van der Waals surface area (Å²) < 4.78 is 12.2. The third kappa shape index (κ3) is 6.25. The van der Waals surface area contributed by atoms with Gasteiger partial charge in [0.05, 0.1) is 0 Å². The molecule has 8 rings (SSSR count). The molecule has 4 aromatic rings. The van der Waals surface area contributed by atoms with Crippen molar-refractivity contribution < 1.29 is 41.9 Å². The Kier molecular flexibility index (Phi) is 11.2. The quantitative estimate of drug-likeness (QED) is 0.179. The number of halogens is 2. The van der Waals surface area contributed by atoms with Crippen LogP contribution >= 0.6 is 24.8 Å². The van der Waals surface area contributed by atoms with Crippen molar-refractivity contribution in [1.82, 2.24) is 0 Å². The second kappa shape index (κ2) is 14.6. The van der Waals surface area contributed by atoms with Crippen LogP contribution in [0, 0.1) is 0 Å². The van der Waals surface area contributed by atoms with Gasteiger partial charge in [-0.25, -0.2) is 0 Å². The minimum atomic E-state index is -2.15. The van der Waals surface area contributed by atoms with E-state index in [1.54, 1.807) is 0 Å². The summed E-state index contributed by atoms with van der Waals surface area (Å²) in [5.41, 5.74) is 18.0. The predicted octanol–water partition coefficient (Wildman–Crippen LogP) is 11.5. The summed E-state index contributed by atoms with van der Waals surface area (Å²) in [6, 6.07) is 35.6. The molecule has 4 aliphatic carbocycles. The van der Waals surface area contributed by atoms with Gasteiger partial charge in [-0.1, -0.05) is 0 Å². The fourth-order valence-electron chi connectivity index (χ4n) is 8.22. The first-order chi connectivity index (χ1) is 21.3. The van der Waals surface area contributed by atoms with Crippen LogP contribution in [-0.4, -0.2) is 8.52 Å². The third-order valence-electron chi connectivity index (χ3n) is 10.1.